The third-order valence-electron chi connectivity index (χ3n) is 8.47. The largest absolute Gasteiger partial charge is 0.383 e. The first-order valence-electron chi connectivity index (χ1n) is 13.2. The number of hydrogen-bond acceptors (Lipinski definition) is 4. The third kappa shape index (κ3) is 3.42. The van der Waals surface area contributed by atoms with Crippen molar-refractivity contribution in [1.29, 1.82) is 0 Å². The Labute approximate surface area is 231 Å². The number of para-hydroxylation sites is 1. The molecule has 6 heteroatoms. The van der Waals surface area contributed by atoms with Crippen molar-refractivity contribution in [3.05, 3.63) is 131 Å². The van der Waals surface area contributed by atoms with E-state index < -0.39 is 18.1 Å². The van der Waals surface area contributed by atoms with Gasteiger partial charge in [0, 0.05) is 58.9 Å². The predicted molar refractivity (Wildman–Crippen MR) is 154 cm³/mol. The number of nitrogens with zero attached hydrogens (tertiary/aromatic N) is 2. The van der Waals surface area contributed by atoms with Crippen LogP contribution < -0.4 is 9.80 Å². The summed E-state index contributed by atoms with van der Waals surface area (Å²) in [6.45, 7) is 0. The van der Waals surface area contributed by atoms with Gasteiger partial charge in [0.2, 0.25) is 0 Å². The van der Waals surface area contributed by atoms with E-state index in [-0.39, 0.29) is 17.4 Å². The molecule has 0 saturated heterocycles. The second-order valence-electron chi connectivity index (χ2n) is 10.5. The van der Waals surface area contributed by atoms with Crippen molar-refractivity contribution in [3.63, 3.8) is 0 Å². The maximum atomic E-state index is 14.9. The number of anilines is 3. The van der Waals surface area contributed by atoms with Gasteiger partial charge >= 0.3 is 0 Å². The molecule has 4 aromatic carbocycles. The van der Waals surface area contributed by atoms with Gasteiger partial charge in [0.1, 0.15) is 17.7 Å². The average Bonchev–Trinajstić information content (AvgIpc) is 2.98. The van der Waals surface area contributed by atoms with Crippen LogP contribution in [0.5, 0.6) is 0 Å². The van der Waals surface area contributed by atoms with Crippen molar-refractivity contribution in [2.24, 2.45) is 5.92 Å². The van der Waals surface area contributed by atoms with Crippen LogP contribution in [0.3, 0.4) is 0 Å². The van der Waals surface area contributed by atoms with Crippen LogP contribution in [0.1, 0.15) is 33.2 Å². The topological polar surface area (TPSA) is 43.8 Å². The van der Waals surface area contributed by atoms with Crippen LogP contribution in [-0.4, -0.2) is 31.0 Å². The number of carbonyl (C=O) groups excluding carboxylic acids is 1. The Morgan fingerprint density at radius 3 is 2.15 bits per heavy atom. The maximum absolute atomic E-state index is 14.9. The van der Waals surface area contributed by atoms with Crippen molar-refractivity contribution in [2.45, 2.75) is 12.1 Å². The lowest BCUT2D eigenvalue weighted by atomic mass is 9.75. The minimum atomic E-state index is -0.979. The molecule has 0 bridgehead atoms. The molecule has 4 aromatic rings. The second kappa shape index (κ2) is 9.00. The molecule has 7 rings (SSSR count). The van der Waals surface area contributed by atoms with Gasteiger partial charge in [0.05, 0.1) is 17.6 Å². The van der Waals surface area contributed by atoms with Gasteiger partial charge in [-0.2, -0.15) is 0 Å². The minimum absolute atomic E-state index is 0.0600. The molecule has 0 radical (unpaired) electrons. The van der Waals surface area contributed by atoms with Gasteiger partial charge in [-0.15, -0.1) is 0 Å². The molecule has 0 fully saturated rings. The number of carbonyl (C=O) groups is 1. The lowest BCUT2D eigenvalue weighted by Crippen LogP contribution is -2.47. The molecular formula is C34H26F2N2O2. The number of ketones is 1. The SMILES string of the molecule is CN1c2cc3c(cc2C(O)c2cccc(-c4ccccc4F)c21)N(C)C1C(c2ccccc2F)=CC=CC1C3=O. The Balaban J connectivity index is 1.37. The number of fused-ring (bicyclic) bond motifs is 4. The first kappa shape index (κ1) is 24.5. The van der Waals surface area contributed by atoms with E-state index in [1.54, 1.807) is 36.4 Å². The molecule has 0 spiro atoms. The van der Waals surface area contributed by atoms with Crippen molar-refractivity contribution >= 4 is 28.4 Å². The summed E-state index contributed by atoms with van der Waals surface area (Å²) in [6.07, 6.45) is 4.59. The zero-order valence-electron chi connectivity index (χ0n) is 22.0. The molecule has 3 unspecified atom stereocenters. The van der Waals surface area contributed by atoms with E-state index in [0.29, 0.717) is 50.4 Å². The highest BCUT2D eigenvalue weighted by atomic mass is 19.1. The molecule has 0 aromatic heterocycles. The Kier molecular flexibility index (Phi) is 5.51. The van der Waals surface area contributed by atoms with E-state index in [4.69, 9.17) is 0 Å². The molecule has 2 aliphatic heterocycles. The molecule has 0 saturated carbocycles. The van der Waals surface area contributed by atoms with E-state index in [9.17, 15) is 18.7 Å². The fourth-order valence-corrected chi connectivity index (χ4v) is 6.56. The van der Waals surface area contributed by atoms with Gasteiger partial charge in [-0.3, -0.25) is 4.79 Å². The van der Waals surface area contributed by atoms with Crippen LogP contribution in [0.4, 0.5) is 25.8 Å². The van der Waals surface area contributed by atoms with E-state index in [0.717, 1.165) is 5.57 Å². The van der Waals surface area contributed by atoms with Gasteiger partial charge < -0.3 is 14.9 Å². The summed E-state index contributed by atoms with van der Waals surface area (Å²) in [4.78, 5) is 17.9. The van der Waals surface area contributed by atoms with Crippen LogP contribution >= 0.6 is 0 Å². The monoisotopic (exact) mass is 532 g/mol. The minimum Gasteiger partial charge on any atom is -0.383 e. The first-order valence-corrected chi connectivity index (χ1v) is 13.2. The van der Waals surface area contributed by atoms with Crippen molar-refractivity contribution < 1.29 is 18.7 Å². The molecule has 1 N–H and O–H groups in total. The summed E-state index contributed by atoms with van der Waals surface area (Å²) in [6, 6.07) is 22.0. The number of aliphatic hydroxyl groups is 1. The van der Waals surface area contributed by atoms with Gasteiger partial charge in [-0.25, -0.2) is 8.78 Å². The number of likely N-dealkylation sites (N-methyl/N-ethyl adjacent to an activating group) is 1. The summed E-state index contributed by atoms with van der Waals surface area (Å²) in [5, 5.41) is 11.6. The van der Waals surface area contributed by atoms with Crippen LogP contribution in [0.2, 0.25) is 0 Å². The van der Waals surface area contributed by atoms with Crippen molar-refractivity contribution in [2.75, 3.05) is 23.9 Å². The smallest absolute Gasteiger partial charge is 0.174 e. The summed E-state index contributed by atoms with van der Waals surface area (Å²) >= 11 is 0. The van der Waals surface area contributed by atoms with E-state index in [1.807, 2.05) is 72.5 Å². The van der Waals surface area contributed by atoms with Crippen LogP contribution in [0.25, 0.3) is 16.7 Å². The first-order chi connectivity index (χ1) is 19.4. The number of benzene rings is 4. The molecular weight excluding hydrogens is 506 g/mol. The number of hydrogen-bond donors (Lipinski definition) is 1. The van der Waals surface area contributed by atoms with Gasteiger partial charge in [0.25, 0.3) is 0 Å². The third-order valence-corrected chi connectivity index (χ3v) is 8.47. The number of halogens is 2. The average molecular weight is 533 g/mol. The van der Waals surface area contributed by atoms with Gasteiger partial charge in [0.15, 0.2) is 5.78 Å². The number of aliphatic hydroxyl groups excluding tert-OH is 1. The molecule has 3 atom stereocenters. The number of allylic oxidation sites excluding steroid dienone is 2. The van der Waals surface area contributed by atoms with Crippen LogP contribution in [0.15, 0.2) is 97.1 Å². The molecule has 1 aliphatic carbocycles. The second-order valence-corrected chi connectivity index (χ2v) is 10.5. The van der Waals surface area contributed by atoms with E-state index >= 15 is 0 Å². The summed E-state index contributed by atoms with van der Waals surface area (Å²) in [5.74, 6) is -1.23. The Morgan fingerprint density at radius 1 is 0.750 bits per heavy atom. The van der Waals surface area contributed by atoms with Crippen molar-refractivity contribution in [1.82, 2.24) is 0 Å². The highest BCUT2D eigenvalue weighted by Crippen LogP contribution is 2.51. The molecule has 3 aliphatic rings. The lowest BCUT2D eigenvalue weighted by Gasteiger charge is -2.44. The highest BCUT2D eigenvalue weighted by molar-refractivity contribution is 6.10. The zero-order valence-corrected chi connectivity index (χ0v) is 22.0. The van der Waals surface area contributed by atoms with E-state index in [1.165, 1.54) is 12.1 Å². The zero-order chi connectivity index (χ0) is 27.7. The maximum Gasteiger partial charge on any atom is 0.174 e. The Morgan fingerprint density at radius 2 is 1.43 bits per heavy atom. The quantitative estimate of drug-likeness (QED) is 0.300. The van der Waals surface area contributed by atoms with Crippen LogP contribution in [-0.2, 0) is 0 Å². The number of rotatable bonds is 2. The standard InChI is InChI=1S/C34H26F2N2O2/c1-37-29-17-26-30(38(2)32-22(12-8-14-24(32)34(26)40)20-10-4-6-16-28(20)36)18-25(29)33(39)23-13-7-11-21(31(23)37)19-9-3-5-15-27(19)35/h3-18,23,31,34,40H,1-2H3. The lowest BCUT2D eigenvalue weighted by molar-refractivity contribution is 0.0931. The summed E-state index contributed by atoms with van der Waals surface area (Å²) in [5.41, 5.74) is 6.23. The van der Waals surface area contributed by atoms with Crippen LogP contribution in [0, 0.1) is 17.6 Å². The number of Topliss-reactive ketones (excluding diaryl/α,β-unsaturated/α-hetero) is 1. The summed E-state index contributed by atoms with van der Waals surface area (Å²) < 4.78 is 29.7. The van der Waals surface area contributed by atoms with Crippen molar-refractivity contribution in [3.8, 4) is 11.1 Å². The molecule has 2 heterocycles. The molecule has 198 valence electrons. The molecule has 4 nitrogen and oxygen atoms in total. The Hall–Kier alpha value is -4.55. The Bertz CT molecular complexity index is 1780. The fourth-order valence-electron chi connectivity index (χ4n) is 6.56. The summed E-state index contributed by atoms with van der Waals surface area (Å²) in [7, 11) is 3.78. The molecule has 0 amide bonds. The highest BCUT2D eigenvalue weighted by Gasteiger charge is 2.43. The normalized spacial score (nSPS) is 20.9. The van der Waals surface area contributed by atoms with Gasteiger partial charge in [-0.1, -0.05) is 72.8 Å². The molecule has 40 heavy (non-hydrogen) atoms. The predicted octanol–water partition coefficient (Wildman–Crippen LogP) is 7.07. The van der Waals surface area contributed by atoms with E-state index in [2.05, 4.69) is 0 Å². The van der Waals surface area contributed by atoms with Gasteiger partial charge in [-0.05, 0) is 29.8 Å². The fraction of sp³-hybridized carbons (Fsp3) is 0.147.